The third kappa shape index (κ3) is 1.99. The summed E-state index contributed by atoms with van der Waals surface area (Å²) in [6.07, 6.45) is 0. The van der Waals surface area contributed by atoms with Crippen LogP contribution in [0, 0.1) is 0 Å². The molecule has 0 fully saturated rings. The van der Waals surface area contributed by atoms with Gasteiger partial charge < -0.3 is 9.47 Å². The maximum absolute atomic E-state index is 5.63. The third-order valence-corrected chi connectivity index (χ3v) is 5.24. The van der Waals surface area contributed by atoms with Crippen LogP contribution >= 0.6 is 0 Å². The van der Waals surface area contributed by atoms with Gasteiger partial charge in [-0.2, -0.15) is 0 Å². The summed E-state index contributed by atoms with van der Waals surface area (Å²) in [5.41, 5.74) is 0. The van der Waals surface area contributed by atoms with Crippen LogP contribution in [0.5, 0.6) is 11.5 Å². The molecular weight excluding hydrogens is 320 g/mol. The zero-order chi connectivity index (χ0) is 17.7. The Bertz CT molecular complexity index is 1200. The molecule has 0 heterocycles. The number of ether oxygens (including phenoxy) is 2. The second-order valence-corrected chi connectivity index (χ2v) is 6.50. The zero-order valence-corrected chi connectivity index (χ0v) is 14.7. The van der Waals surface area contributed by atoms with Crippen LogP contribution in [-0.4, -0.2) is 14.2 Å². The summed E-state index contributed by atoms with van der Waals surface area (Å²) in [6.45, 7) is 0. The number of hydrogen-bond acceptors (Lipinski definition) is 2. The summed E-state index contributed by atoms with van der Waals surface area (Å²) in [5.74, 6) is 1.82. The molecule has 0 aliphatic rings. The Morgan fingerprint density at radius 3 is 1.31 bits per heavy atom. The summed E-state index contributed by atoms with van der Waals surface area (Å²) in [6, 6.07) is 25.5. The van der Waals surface area contributed by atoms with E-state index in [0.29, 0.717) is 0 Å². The number of rotatable bonds is 2. The van der Waals surface area contributed by atoms with Crippen LogP contribution in [0.2, 0.25) is 0 Å². The minimum Gasteiger partial charge on any atom is -0.496 e. The minimum atomic E-state index is 0.908. The van der Waals surface area contributed by atoms with Crippen molar-refractivity contribution in [2.24, 2.45) is 0 Å². The standard InChI is InChI=1S/C24H18O2/c1-25-21-7-3-5-15-9-11-17-18-12-10-16-6-4-8-22(26-2)24(16)20(18)14-13-19(17)23(15)21/h3-14H,1-2H3. The summed E-state index contributed by atoms with van der Waals surface area (Å²) in [5, 5.41) is 9.58. The first-order chi connectivity index (χ1) is 12.8. The van der Waals surface area contributed by atoms with Crippen molar-refractivity contribution >= 4 is 43.1 Å². The Hall–Kier alpha value is -3.26. The van der Waals surface area contributed by atoms with Gasteiger partial charge in [-0.1, -0.05) is 60.7 Å². The molecule has 0 aliphatic heterocycles. The summed E-state index contributed by atoms with van der Waals surface area (Å²) >= 11 is 0. The molecule has 26 heavy (non-hydrogen) atoms. The molecule has 0 bridgehead atoms. The highest BCUT2D eigenvalue weighted by molar-refractivity contribution is 6.23. The van der Waals surface area contributed by atoms with Crippen molar-refractivity contribution in [2.45, 2.75) is 0 Å². The van der Waals surface area contributed by atoms with E-state index < -0.39 is 0 Å². The molecule has 126 valence electrons. The van der Waals surface area contributed by atoms with Crippen molar-refractivity contribution in [3.63, 3.8) is 0 Å². The molecular formula is C24H18O2. The van der Waals surface area contributed by atoms with Crippen molar-refractivity contribution in [3.05, 3.63) is 72.8 Å². The molecule has 0 atom stereocenters. The van der Waals surface area contributed by atoms with Crippen molar-refractivity contribution in [2.75, 3.05) is 14.2 Å². The molecule has 2 heteroatoms. The first kappa shape index (κ1) is 15.0. The van der Waals surface area contributed by atoms with Gasteiger partial charge in [0.2, 0.25) is 0 Å². The third-order valence-electron chi connectivity index (χ3n) is 5.24. The Balaban J connectivity index is 2.00. The van der Waals surface area contributed by atoms with E-state index >= 15 is 0 Å². The fraction of sp³-hybridized carbons (Fsp3) is 0.0833. The van der Waals surface area contributed by atoms with Gasteiger partial charge in [0.1, 0.15) is 11.5 Å². The highest BCUT2D eigenvalue weighted by atomic mass is 16.5. The Kier molecular flexibility index (Phi) is 3.26. The molecule has 5 aromatic carbocycles. The maximum atomic E-state index is 5.63. The number of benzene rings is 5. The Morgan fingerprint density at radius 2 is 0.885 bits per heavy atom. The molecule has 0 radical (unpaired) electrons. The molecule has 0 saturated carbocycles. The van der Waals surface area contributed by atoms with E-state index in [0.717, 1.165) is 22.3 Å². The van der Waals surface area contributed by atoms with Crippen LogP contribution in [0.3, 0.4) is 0 Å². The van der Waals surface area contributed by atoms with Gasteiger partial charge in [-0.15, -0.1) is 0 Å². The van der Waals surface area contributed by atoms with Crippen LogP contribution in [0.25, 0.3) is 43.1 Å². The Morgan fingerprint density at radius 1 is 0.462 bits per heavy atom. The van der Waals surface area contributed by atoms with E-state index in [9.17, 15) is 0 Å². The molecule has 0 amide bonds. The lowest BCUT2D eigenvalue weighted by atomic mass is 9.93. The second kappa shape index (κ2) is 5.63. The van der Waals surface area contributed by atoms with E-state index in [1.165, 1.54) is 32.3 Å². The number of fused-ring (bicyclic) bond motifs is 7. The van der Waals surface area contributed by atoms with E-state index in [4.69, 9.17) is 9.47 Å². The SMILES string of the molecule is COc1cccc2ccc3c4ccc5cccc(OC)c5c4ccc3c12. The second-order valence-electron chi connectivity index (χ2n) is 6.50. The fourth-order valence-corrected chi connectivity index (χ4v) is 4.07. The predicted octanol–water partition coefficient (Wildman–Crippen LogP) is 6.32. The number of methoxy groups -OCH3 is 2. The first-order valence-electron chi connectivity index (χ1n) is 8.69. The molecule has 0 aromatic heterocycles. The average molecular weight is 338 g/mol. The van der Waals surface area contributed by atoms with Gasteiger partial charge in [0.15, 0.2) is 0 Å². The lowest BCUT2D eigenvalue weighted by Crippen LogP contribution is -1.89. The topological polar surface area (TPSA) is 18.5 Å². The van der Waals surface area contributed by atoms with Gasteiger partial charge in [0.25, 0.3) is 0 Å². The van der Waals surface area contributed by atoms with Gasteiger partial charge in [-0.25, -0.2) is 0 Å². The summed E-state index contributed by atoms with van der Waals surface area (Å²) in [7, 11) is 3.46. The maximum Gasteiger partial charge on any atom is 0.127 e. The van der Waals surface area contributed by atoms with Gasteiger partial charge in [0, 0.05) is 10.8 Å². The number of hydrogen-bond donors (Lipinski definition) is 0. The van der Waals surface area contributed by atoms with Crippen molar-refractivity contribution in [3.8, 4) is 11.5 Å². The van der Waals surface area contributed by atoms with Crippen LogP contribution in [0.4, 0.5) is 0 Å². The van der Waals surface area contributed by atoms with Crippen molar-refractivity contribution in [1.29, 1.82) is 0 Å². The molecule has 2 nitrogen and oxygen atoms in total. The molecule has 0 unspecified atom stereocenters. The molecule has 0 saturated heterocycles. The molecule has 0 aliphatic carbocycles. The summed E-state index contributed by atoms with van der Waals surface area (Å²) < 4.78 is 11.3. The lowest BCUT2D eigenvalue weighted by Gasteiger charge is -2.13. The van der Waals surface area contributed by atoms with E-state index in [-0.39, 0.29) is 0 Å². The normalized spacial score (nSPS) is 11.5. The van der Waals surface area contributed by atoms with Crippen LogP contribution in [0.1, 0.15) is 0 Å². The van der Waals surface area contributed by atoms with Gasteiger partial charge in [-0.05, 0) is 44.5 Å². The Labute approximate surface area is 151 Å². The minimum absolute atomic E-state index is 0.908. The molecule has 5 rings (SSSR count). The van der Waals surface area contributed by atoms with Crippen molar-refractivity contribution in [1.82, 2.24) is 0 Å². The van der Waals surface area contributed by atoms with Gasteiger partial charge in [0.05, 0.1) is 14.2 Å². The quantitative estimate of drug-likeness (QED) is 0.351. The largest absolute Gasteiger partial charge is 0.496 e. The lowest BCUT2D eigenvalue weighted by molar-refractivity contribution is 0.420. The van der Waals surface area contributed by atoms with Crippen LogP contribution < -0.4 is 9.47 Å². The van der Waals surface area contributed by atoms with E-state index in [1.54, 1.807) is 14.2 Å². The van der Waals surface area contributed by atoms with Gasteiger partial charge in [-0.3, -0.25) is 0 Å². The average Bonchev–Trinajstić information content (AvgIpc) is 2.71. The fourth-order valence-electron chi connectivity index (χ4n) is 4.07. The molecule has 5 aromatic rings. The van der Waals surface area contributed by atoms with Gasteiger partial charge >= 0.3 is 0 Å². The first-order valence-corrected chi connectivity index (χ1v) is 8.69. The monoisotopic (exact) mass is 338 g/mol. The highest BCUT2D eigenvalue weighted by Gasteiger charge is 2.11. The predicted molar refractivity (Wildman–Crippen MR) is 110 cm³/mol. The smallest absolute Gasteiger partial charge is 0.127 e. The molecule has 0 N–H and O–H groups in total. The van der Waals surface area contributed by atoms with E-state index in [2.05, 4.69) is 48.5 Å². The van der Waals surface area contributed by atoms with Crippen LogP contribution in [0.15, 0.2) is 72.8 Å². The van der Waals surface area contributed by atoms with Crippen molar-refractivity contribution < 1.29 is 9.47 Å². The molecule has 0 spiro atoms. The van der Waals surface area contributed by atoms with E-state index in [1.807, 2.05) is 24.3 Å². The van der Waals surface area contributed by atoms with Crippen LogP contribution in [-0.2, 0) is 0 Å². The zero-order valence-electron chi connectivity index (χ0n) is 14.7. The highest BCUT2D eigenvalue weighted by Crippen LogP contribution is 2.39. The summed E-state index contributed by atoms with van der Waals surface area (Å²) in [4.78, 5) is 0.